The van der Waals surface area contributed by atoms with Gasteiger partial charge in [0, 0.05) is 17.7 Å². The Hall–Kier alpha value is -4.13. The molecule has 36 heavy (non-hydrogen) atoms. The number of Topliss-reactive ketones (excluding diaryl/α,β-unsaturated/α-hetero) is 1. The van der Waals surface area contributed by atoms with Gasteiger partial charge in [0.05, 0.1) is 45.9 Å². The van der Waals surface area contributed by atoms with E-state index in [1.54, 1.807) is 28.4 Å². The molecule has 3 aromatic rings. The first-order valence-corrected chi connectivity index (χ1v) is 11.9. The third-order valence-electron chi connectivity index (χ3n) is 6.92. The lowest BCUT2D eigenvalue weighted by molar-refractivity contribution is -0.116. The van der Waals surface area contributed by atoms with Crippen molar-refractivity contribution in [2.75, 3.05) is 39.1 Å². The molecule has 1 aliphatic carbocycles. The second-order valence-corrected chi connectivity index (χ2v) is 8.90. The van der Waals surface area contributed by atoms with Crippen LogP contribution in [0.15, 0.2) is 71.9 Å². The summed E-state index contributed by atoms with van der Waals surface area (Å²) in [5.41, 5.74) is 5.55. The van der Waals surface area contributed by atoms with Crippen LogP contribution in [-0.2, 0) is 4.79 Å². The van der Waals surface area contributed by atoms with Crippen molar-refractivity contribution >= 4 is 17.2 Å². The summed E-state index contributed by atoms with van der Waals surface area (Å²) in [5.74, 6) is 2.53. The first-order valence-electron chi connectivity index (χ1n) is 11.9. The highest BCUT2D eigenvalue weighted by atomic mass is 16.5. The number of para-hydroxylation sites is 2. The van der Waals surface area contributed by atoms with E-state index in [1.807, 2.05) is 60.7 Å². The molecule has 1 heterocycles. The van der Waals surface area contributed by atoms with Gasteiger partial charge >= 0.3 is 0 Å². The molecule has 186 valence electrons. The van der Waals surface area contributed by atoms with E-state index in [1.165, 1.54) is 0 Å². The number of methoxy groups -OCH3 is 4. The topological polar surface area (TPSA) is 78.1 Å². The second-order valence-electron chi connectivity index (χ2n) is 8.90. The fraction of sp³-hybridized carbons (Fsp3) is 0.276. The Morgan fingerprint density at radius 3 is 2.03 bits per heavy atom. The van der Waals surface area contributed by atoms with Gasteiger partial charge in [0.15, 0.2) is 17.3 Å². The summed E-state index contributed by atoms with van der Waals surface area (Å²) < 4.78 is 22.0. The van der Waals surface area contributed by atoms with Crippen molar-refractivity contribution < 1.29 is 23.7 Å². The van der Waals surface area contributed by atoms with E-state index in [9.17, 15) is 4.79 Å². The minimum atomic E-state index is -0.282. The molecule has 2 N–H and O–H groups in total. The van der Waals surface area contributed by atoms with Crippen LogP contribution in [0.2, 0.25) is 0 Å². The molecule has 0 amide bonds. The van der Waals surface area contributed by atoms with Gasteiger partial charge in [-0.2, -0.15) is 0 Å². The molecule has 0 spiro atoms. The number of nitrogens with one attached hydrogen (secondary N) is 2. The van der Waals surface area contributed by atoms with Crippen LogP contribution in [0.25, 0.3) is 0 Å². The number of carbonyl (C=O) groups excluding carboxylic acids is 1. The average molecular weight is 487 g/mol. The van der Waals surface area contributed by atoms with E-state index in [4.69, 9.17) is 18.9 Å². The SMILES string of the molecule is COc1ccc([C@@H]2Nc3ccccc3NC3=C2C(=O)C[C@@H](c2cc(OC)c(OC)c(OC)c2)C3)cc1. The fourth-order valence-electron chi connectivity index (χ4n) is 5.11. The summed E-state index contributed by atoms with van der Waals surface area (Å²) in [6, 6.07) is 19.5. The lowest BCUT2D eigenvalue weighted by atomic mass is 9.78. The van der Waals surface area contributed by atoms with E-state index in [2.05, 4.69) is 10.6 Å². The number of rotatable bonds is 6. The van der Waals surface area contributed by atoms with E-state index in [0.717, 1.165) is 39.5 Å². The van der Waals surface area contributed by atoms with Crippen LogP contribution >= 0.6 is 0 Å². The Kier molecular flexibility index (Phi) is 6.46. The fourth-order valence-corrected chi connectivity index (χ4v) is 5.11. The zero-order chi connectivity index (χ0) is 25.2. The summed E-state index contributed by atoms with van der Waals surface area (Å²) in [4.78, 5) is 13.8. The van der Waals surface area contributed by atoms with Gasteiger partial charge in [-0.15, -0.1) is 0 Å². The smallest absolute Gasteiger partial charge is 0.203 e. The highest BCUT2D eigenvalue weighted by molar-refractivity contribution is 6.01. The van der Waals surface area contributed by atoms with Gasteiger partial charge in [0.25, 0.3) is 0 Å². The molecule has 0 radical (unpaired) electrons. The normalized spacial score (nSPS) is 18.7. The summed E-state index contributed by atoms with van der Waals surface area (Å²) in [6.07, 6.45) is 1.05. The zero-order valence-electron chi connectivity index (χ0n) is 20.9. The summed E-state index contributed by atoms with van der Waals surface area (Å²) in [7, 11) is 6.43. The van der Waals surface area contributed by atoms with Gasteiger partial charge in [-0.1, -0.05) is 24.3 Å². The van der Waals surface area contributed by atoms with Gasteiger partial charge in [-0.25, -0.2) is 0 Å². The van der Waals surface area contributed by atoms with Crippen molar-refractivity contribution in [3.05, 3.63) is 83.1 Å². The highest BCUT2D eigenvalue weighted by Crippen LogP contribution is 2.47. The molecule has 5 rings (SSSR count). The van der Waals surface area contributed by atoms with Crippen molar-refractivity contribution in [1.29, 1.82) is 0 Å². The van der Waals surface area contributed by atoms with Gasteiger partial charge < -0.3 is 29.6 Å². The number of allylic oxidation sites excluding steroid dienone is 1. The van der Waals surface area contributed by atoms with Crippen molar-refractivity contribution in [3.63, 3.8) is 0 Å². The first-order chi connectivity index (χ1) is 17.6. The molecule has 0 saturated heterocycles. The number of carbonyl (C=O) groups is 1. The molecule has 1 aliphatic heterocycles. The Morgan fingerprint density at radius 2 is 1.42 bits per heavy atom. The van der Waals surface area contributed by atoms with Gasteiger partial charge in [-0.3, -0.25) is 4.79 Å². The molecule has 7 heteroatoms. The van der Waals surface area contributed by atoms with Crippen LogP contribution in [0.3, 0.4) is 0 Å². The Morgan fingerprint density at radius 1 is 0.750 bits per heavy atom. The Bertz CT molecular complexity index is 1290. The number of benzene rings is 3. The van der Waals surface area contributed by atoms with Gasteiger partial charge in [-0.05, 0) is 59.9 Å². The number of anilines is 2. The Balaban J connectivity index is 1.58. The summed E-state index contributed by atoms with van der Waals surface area (Å²) in [5, 5.41) is 7.19. The molecule has 7 nitrogen and oxygen atoms in total. The highest BCUT2D eigenvalue weighted by Gasteiger charge is 2.36. The molecule has 2 atom stereocenters. The summed E-state index contributed by atoms with van der Waals surface area (Å²) >= 11 is 0. The minimum Gasteiger partial charge on any atom is -0.497 e. The standard InChI is InChI=1S/C29H30N2O5/c1-33-20-11-9-17(10-12-20)28-27-23(30-21-7-5-6-8-22(21)31-28)13-18(14-24(27)32)19-15-25(34-2)29(36-4)26(16-19)35-3/h5-12,15-16,18,28,30-31H,13-14H2,1-4H3/t18-,28-/m0/s1. The van der Waals surface area contributed by atoms with Crippen LogP contribution in [0.1, 0.15) is 35.9 Å². The molecule has 0 saturated carbocycles. The van der Waals surface area contributed by atoms with Crippen LogP contribution in [0, 0.1) is 0 Å². The molecule has 0 fully saturated rings. The van der Waals surface area contributed by atoms with Crippen LogP contribution in [0.4, 0.5) is 11.4 Å². The maximum atomic E-state index is 13.8. The van der Waals surface area contributed by atoms with Crippen molar-refractivity contribution in [2.45, 2.75) is 24.8 Å². The molecule has 0 aromatic heterocycles. The van der Waals surface area contributed by atoms with Crippen LogP contribution < -0.4 is 29.6 Å². The monoisotopic (exact) mass is 486 g/mol. The van der Waals surface area contributed by atoms with Crippen LogP contribution in [-0.4, -0.2) is 34.2 Å². The predicted molar refractivity (Wildman–Crippen MR) is 140 cm³/mol. The third-order valence-corrected chi connectivity index (χ3v) is 6.92. The Labute approximate surface area is 211 Å². The van der Waals surface area contributed by atoms with Crippen molar-refractivity contribution in [3.8, 4) is 23.0 Å². The largest absolute Gasteiger partial charge is 0.497 e. The molecule has 0 unspecified atom stereocenters. The number of ketones is 1. The maximum absolute atomic E-state index is 13.8. The number of hydrogen-bond donors (Lipinski definition) is 2. The van der Waals surface area contributed by atoms with Crippen molar-refractivity contribution in [1.82, 2.24) is 0 Å². The zero-order valence-corrected chi connectivity index (χ0v) is 20.9. The number of hydrogen-bond acceptors (Lipinski definition) is 7. The minimum absolute atomic E-state index is 0.0424. The van der Waals surface area contributed by atoms with E-state index in [-0.39, 0.29) is 17.7 Å². The van der Waals surface area contributed by atoms with Crippen molar-refractivity contribution in [2.24, 2.45) is 0 Å². The molecular formula is C29H30N2O5. The van der Waals surface area contributed by atoms with E-state index in [0.29, 0.717) is 30.1 Å². The average Bonchev–Trinajstić information content (AvgIpc) is 3.09. The molecular weight excluding hydrogens is 456 g/mol. The number of fused-ring (bicyclic) bond motifs is 1. The van der Waals surface area contributed by atoms with E-state index >= 15 is 0 Å². The first kappa shape index (κ1) is 23.6. The van der Waals surface area contributed by atoms with Crippen LogP contribution in [0.5, 0.6) is 23.0 Å². The van der Waals surface area contributed by atoms with Gasteiger partial charge in [0.1, 0.15) is 5.75 Å². The molecule has 2 aliphatic rings. The third kappa shape index (κ3) is 4.21. The maximum Gasteiger partial charge on any atom is 0.203 e. The summed E-state index contributed by atoms with van der Waals surface area (Å²) in [6.45, 7) is 0. The quantitative estimate of drug-likeness (QED) is 0.463. The van der Waals surface area contributed by atoms with E-state index < -0.39 is 0 Å². The number of ether oxygens (including phenoxy) is 4. The molecule has 3 aromatic carbocycles. The lowest BCUT2D eigenvalue weighted by Gasteiger charge is -2.30. The van der Waals surface area contributed by atoms with Gasteiger partial charge in [0.2, 0.25) is 5.75 Å². The predicted octanol–water partition coefficient (Wildman–Crippen LogP) is 5.70. The lowest BCUT2D eigenvalue weighted by Crippen LogP contribution is -2.27. The second kappa shape index (κ2) is 9.85. The molecule has 0 bridgehead atoms.